The number of carboxylic acid groups (broad SMARTS) is 1. The number of hydrogen-bond acceptors (Lipinski definition) is 5. The summed E-state index contributed by atoms with van der Waals surface area (Å²) >= 11 is 13.0. The molecule has 0 radical (unpaired) electrons. The van der Waals surface area contributed by atoms with Gasteiger partial charge in [0.25, 0.3) is 0 Å². The molecule has 0 saturated heterocycles. The maximum atomic E-state index is 12.1. The quantitative estimate of drug-likeness (QED) is 0.140. The number of hydrogen-bond donors (Lipinski definition) is 3. The van der Waals surface area contributed by atoms with E-state index in [-0.39, 0.29) is 24.0 Å². The molecule has 0 unspecified atom stereocenters. The van der Waals surface area contributed by atoms with Gasteiger partial charge in [-0.1, -0.05) is 62.2 Å². The van der Waals surface area contributed by atoms with Crippen molar-refractivity contribution in [2.75, 3.05) is 5.32 Å². The fourth-order valence-corrected chi connectivity index (χ4v) is 5.34. The molecule has 4 rings (SSSR count). The third kappa shape index (κ3) is 7.96. The van der Waals surface area contributed by atoms with Crippen molar-refractivity contribution in [2.24, 2.45) is 0 Å². The van der Waals surface area contributed by atoms with Crippen molar-refractivity contribution in [1.82, 2.24) is 15.1 Å². The summed E-state index contributed by atoms with van der Waals surface area (Å²) in [7, 11) is 0. The Labute approximate surface area is 262 Å². The van der Waals surface area contributed by atoms with E-state index in [9.17, 15) is 14.7 Å². The van der Waals surface area contributed by atoms with Crippen molar-refractivity contribution in [3.8, 4) is 11.4 Å². The molecule has 1 aromatic heterocycles. The van der Waals surface area contributed by atoms with Crippen LogP contribution in [0, 0.1) is 6.92 Å². The number of carbonyl (C=O) groups excluding carboxylic acids is 1. The third-order valence-corrected chi connectivity index (χ3v) is 7.68. The molecule has 4 aromatic rings. The molecule has 0 aliphatic rings. The summed E-state index contributed by atoms with van der Waals surface area (Å²) in [5.74, 6) is -0.328. The van der Waals surface area contributed by atoms with Crippen LogP contribution in [0.1, 0.15) is 77.8 Å². The van der Waals surface area contributed by atoms with Crippen LogP contribution < -0.4 is 15.4 Å². The number of carboxylic acids is 1. The molecule has 0 spiro atoms. The standard InChI is InChI=1S/C33H36Cl2N4O4/c1-5-7-31(40)38-29-15-22(10-13-25(29)33(41)42)16-36-17-23-11-12-24(14-21(23)4)43-19-30-26(20(2)3)18-37-39(30)32-27(34)8-6-9-28(32)35/h6,8-15,18,20,36H,5,7,16-17,19H2,1-4H3,(H,38,40)(H,41,42). The summed E-state index contributed by atoms with van der Waals surface area (Å²) in [6.07, 6.45) is 2.85. The number of rotatable bonds is 13. The number of aromatic carboxylic acids is 1. The number of halogens is 2. The van der Waals surface area contributed by atoms with Crippen LogP contribution in [0.5, 0.6) is 5.75 Å². The minimum absolute atomic E-state index is 0.0677. The van der Waals surface area contributed by atoms with Crippen molar-refractivity contribution in [1.29, 1.82) is 0 Å². The monoisotopic (exact) mass is 622 g/mol. The van der Waals surface area contributed by atoms with Crippen LogP contribution >= 0.6 is 23.2 Å². The predicted octanol–water partition coefficient (Wildman–Crippen LogP) is 7.92. The number of nitrogens with one attached hydrogen (secondary N) is 2. The minimum Gasteiger partial charge on any atom is -0.487 e. The number of nitrogens with zero attached hydrogens (tertiary/aromatic N) is 2. The molecule has 0 fully saturated rings. The smallest absolute Gasteiger partial charge is 0.337 e. The average molecular weight is 624 g/mol. The Balaban J connectivity index is 1.42. The first-order valence-corrected chi connectivity index (χ1v) is 14.9. The molecule has 3 N–H and O–H groups in total. The van der Waals surface area contributed by atoms with E-state index < -0.39 is 5.97 Å². The Morgan fingerprint density at radius 3 is 2.44 bits per heavy atom. The van der Waals surface area contributed by atoms with E-state index in [4.69, 9.17) is 27.9 Å². The number of para-hydroxylation sites is 1. The fourth-order valence-electron chi connectivity index (χ4n) is 4.78. The van der Waals surface area contributed by atoms with Crippen molar-refractivity contribution in [2.45, 2.75) is 66.2 Å². The summed E-state index contributed by atoms with van der Waals surface area (Å²) < 4.78 is 7.99. The Morgan fingerprint density at radius 1 is 1.05 bits per heavy atom. The van der Waals surface area contributed by atoms with Crippen molar-refractivity contribution in [3.05, 3.63) is 104 Å². The van der Waals surface area contributed by atoms with Gasteiger partial charge >= 0.3 is 5.97 Å². The molecule has 8 nitrogen and oxygen atoms in total. The normalized spacial score (nSPS) is 11.1. The highest BCUT2D eigenvalue weighted by atomic mass is 35.5. The van der Waals surface area contributed by atoms with Gasteiger partial charge in [-0.15, -0.1) is 0 Å². The Kier molecular flexibility index (Phi) is 10.9. The van der Waals surface area contributed by atoms with E-state index in [0.29, 0.717) is 47.4 Å². The molecule has 1 amide bonds. The van der Waals surface area contributed by atoms with Crippen LogP contribution in [0.4, 0.5) is 5.69 Å². The van der Waals surface area contributed by atoms with E-state index in [1.807, 2.05) is 38.2 Å². The van der Waals surface area contributed by atoms with Gasteiger partial charge in [0, 0.05) is 19.5 Å². The molecular weight excluding hydrogens is 587 g/mol. The molecule has 43 heavy (non-hydrogen) atoms. The van der Waals surface area contributed by atoms with Gasteiger partial charge < -0.3 is 20.5 Å². The van der Waals surface area contributed by atoms with Crippen molar-refractivity contribution >= 4 is 40.8 Å². The SMILES string of the molecule is CCCC(=O)Nc1cc(CNCc2ccc(OCc3c(C(C)C)cnn3-c3c(Cl)cccc3Cl)cc2C)ccc1C(=O)O. The predicted molar refractivity (Wildman–Crippen MR) is 171 cm³/mol. The summed E-state index contributed by atoms with van der Waals surface area (Å²) in [6.45, 7) is 9.52. The van der Waals surface area contributed by atoms with Crippen LogP contribution in [-0.4, -0.2) is 26.8 Å². The molecule has 3 aromatic carbocycles. The lowest BCUT2D eigenvalue weighted by atomic mass is 10.0. The zero-order valence-electron chi connectivity index (χ0n) is 24.7. The Morgan fingerprint density at radius 2 is 1.79 bits per heavy atom. The molecular formula is C33H36Cl2N4O4. The maximum absolute atomic E-state index is 12.1. The van der Waals surface area contributed by atoms with Gasteiger partial charge in [-0.3, -0.25) is 4.79 Å². The molecule has 0 bridgehead atoms. The highest BCUT2D eigenvalue weighted by Crippen LogP contribution is 2.32. The highest BCUT2D eigenvalue weighted by molar-refractivity contribution is 6.37. The summed E-state index contributed by atoms with van der Waals surface area (Å²) in [6, 6.07) is 16.3. The molecule has 0 aliphatic heterocycles. The van der Waals surface area contributed by atoms with Gasteiger partial charge in [0.15, 0.2) is 0 Å². The minimum atomic E-state index is -1.08. The molecule has 0 atom stereocenters. The van der Waals surface area contributed by atoms with Crippen LogP contribution in [0.2, 0.25) is 10.0 Å². The van der Waals surface area contributed by atoms with E-state index in [2.05, 4.69) is 29.6 Å². The van der Waals surface area contributed by atoms with Crippen molar-refractivity contribution < 1.29 is 19.4 Å². The first kappa shape index (κ1) is 32.1. The Bertz CT molecular complexity index is 1600. The number of anilines is 1. The topological polar surface area (TPSA) is 105 Å². The van der Waals surface area contributed by atoms with Gasteiger partial charge in [0.1, 0.15) is 18.0 Å². The van der Waals surface area contributed by atoms with E-state index in [0.717, 1.165) is 33.7 Å². The zero-order chi connectivity index (χ0) is 31.1. The van der Waals surface area contributed by atoms with Gasteiger partial charge in [-0.05, 0) is 77.9 Å². The highest BCUT2D eigenvalue weighted by Gasteiger charge is 2.19. The number of ether oxygens (including phenoxy) is 1. The van der Waals surface area contributed by atoms with Crippen LogP contribution in [-0.2, 0) is 24.5 Å². The second kappa shape index (κ2) is 14.6. The van der Waals surface area contributed by atoms with Gasteiger partial charge in [0.2, 0.25) is 5.91 Å². The van der Waals surface area contributed by atoms with Crippen molar-refractivity contribution in [3.63, 3.8) is 0 Å². The molecule has 1 heterocycles. The lowest BCUT2D eigenvalue weighted by Crippen LogP contribution is -2.16. The van der Waals surface area contributed by atoms with Gasteiger partial charge in [-0.25, -0.2) is 9.48 Å². The van der Waals surface area contributed by atoms with E-state index in [1.54, 1.807) is 35.0 Å². The molecule has 0 aliphatic carbocycles. The van der Waals surface area contributed by atoms with E-state index in [1.165, 1.54) is 6.07 Å². The average Bonchev–Trinajstić information content (AvgIpc) is 3.36. The lowest BCUT2D eigenvalue weighted by Gasteiger charge is -2.16. The summed E-state index contributed by atoms with van der Waals surface area (Å²) in [5, 5.41) is 21.2. The zero-order valence-corrected chi connectivity index (χ0v) is 26.2. The second-order valence-corrected chi connectivity index (χ2v) is 11.5. The van der Waals surface area contributed by atoms with Gasteiger partial charge in [-0.2, -0.15) is 5.10 Å². The summed E-state index contributed by atoms with van der Waals surface area (Å²) in [5.41, 5.74) is 5.96. The number of carbonyl (C=O) groups is 2. The molecule has 226 valence electrons. The van der Waals surface area contributed by atoms with Crippen LogP contribution in [0.3, 0.4) is 0 Å². The number of amides is 1. The molecule has 0 saturated carbocycles. The fraction of sp³-hybridized carbons (Fsp3) is 0.303. The molecule has 10 heteroatoms. The van der Waals surface area contributed by atoms with Crippen LogP contribution in [0.25, 0.3) is 5.69 Å². The first-order valence-electron chi connectivity index (χ1n) is 14.2. The third-order valence-electron chi connectivity index (χ3n) is 7.07. The number of aromatic nitrogens is 2. The van der Waals surface area contributed by atoms with Crippen LogP contribution in [0.15, 0.2) is 60.8 Å². The largest absolute Gasteiger partial charge is 0.487 e. The number of aryl methyl sites for hydroxylation is 1. The number of benzene rings is 3. The lowest BCUT2D eigenvalue weighted by molar-refractivity contribution is -0.116. The van der Waals surface area contributed by atoms with E-state index >= 15 is 0 Å². The first-order chi connectivity index (χ1) is 20.6. The maximum Gasteiger partial charge on any atom is 0.337 e. The second-order valence-electron chi connectivity index (χ2n) is 10.6. The Hall–Kier alpha value is -3.85. The summed E-state index contributed by atoms with van der Waals surface area (Å²) in [4.78, 5) is 23.7. The van der Waals surface area contributed by atoms with Gasteiger partial charge in [0.05, 0.1) is 33.2 Å².